The zero-order chi connectivity index (χ0) is 61.3. The molecular weight excluding hydrogens is 1120 g/mol. The number of esters is 10. The lowest BCUT2D eigenvalue weighted by Gasteiger charge is -2.50. The van der Waals surface area contributed by atoms with Crippen molar-refractivity contribution < 1.29 is 124 Å². The third-order valence-corrected chi connectivity index (χ3v) is 12.8. The maximum Gasteiger partial charge on any atom is 0.338 e. The Balaban J connectivity index is 1.43. The van der Waals surface area contributed by atoms with Crippen LogP contribution in [0.4, 0.5) is 0 Å². The quantitative estimate of drug-likeness (QED) is 0.0794. The number of ether oxygens (including phenoxy) is 16. The van der Waals surface area contributed by atoms with Crippen LogP contribution in [0.2, 0.25) is 0 Å². The fraction of sp³-hybridized carbons (Fsp3) is 0.424. The molecule has 0 aromatic heterocycles. The minimum Gasteiger partial charge on any atom is -0.463 e. The molecule has 3 saturated heterocycles. The third-order valence-electron chi connectivity index (χ3n) is 12.8. The van der Waals surface area contributed by atoms with E-state index in [1.807, 2.05) is 0 Å². The summed E-state index contributed by atoms with van der Waals surface area (Å²) in [6, 6.07) is 30.1. The lowest BCUT2D eigenvalue weighted by atomic mass is 9.95. The minimum atomic E-state index is -2.21. The standard InChI is InChI=1S/C59H62O26/c1-31(60)71-28-41-44(74-33(3)62)48(50(76-35(5)64)57(70-7)78-41)84-58-51(77-36(6)65)49(45(75-34(4)63)42(79-58)29-72-32(2)61)85-59-52(83-56(69)40-26-18-11-19-27-40)47(82-55(68)39-24-16-10-17-25-39)46(81-54(67)38-22-14-9-15-23-38)43(80-59)30-73-53(66)37-20-12-8-13-21-37/h8-27,41-52,57-59H,28-30H2,1-7H3/t41-,42-,43-,44+,45+,46+,47+,48+,49+,50-,51-,52-,57-,58+,59+/m1/s1. The first-order valence-electron chi connectivity index (χ1n) is 26.5. The van der Waals surface area contributed by atoms with Crippen molar-refractivity contribution in [2.24, 2.45) is 0 Å². The number of carbonyl (C=O) groups excluding carboxylic acids is 10. The predicted octanol–water partition coefficient (Wildman–Crippen LogP) is 3.96. The fourth-order valence-corrected chi connectivity index (χ4v) is 9.28. The number of hydrogen-bond donors (Lipinski definition) is 0. The van der Waals surface area contributed by atoms with E-state index in [1.165, 1.54) is 72.8 Å². The highest BCUT2D eigenvalue weighted by atomic mass is 16.8. The molecule has 3 fully saturated rings. The van der Waals surface area contributed by atoms with Gasteiger partial charge in [0.25, 0.3) is 0 Å². The predicted molar refractivity (Wildman–Crippen MR) is 282 cm³/mol. The van der Waals surface area contributed by atoms with Crippen molar-refractivity contribution in [1.82, 2.24) is 0 Å². The Hall–Kier alpha value is -8.66. The molecule has 3 aliphatic heterocycles. The van der Waals surface area contributed by atoms with Crippen LogP contribution in [0.15, 0.2) is 121 Å². The molecule has 3 heterocycles. The zero-order valence-corrected chi connectivity index (χ0v) is 46.9. The van der Waals surface area contributed by atoms with Crippen molar-refractivity contribution in [3.63, 3.8) is 0 Å². The van der Waals surface area contributed by atoms with Crippen LogP contribution >= 0.6 is 0 Å². The van der Waals surface area contributed by atoms with E-state index in [1.54, 1.807) is 48.5 Å². The summed E-state index contributed by atoms with van der Waals surface area (Å²) >= 11 is 0. The second kappa shape index (κ2) is 30.2. The van der Waals surface area contributed by atoms with Gasteiger partial charge in [-0.2, -0.15) is 0 Å². The number of rotatable bonds is 22. The highest BCUT2D eigenvalue weighted by Crippen LogP contribution is 2.39. The summed E-state index contributed by atoms with van der Waals surface area (Å²) in [7, 11) is 1.16. The lowest BCUT2D eigenvalue weighted by molar-refractivity contribution is -0.380. The van der Waals surface area contributed by atoms with E-state index in [0.29, 0.717) is 0 Å². The molecule has 0 radical (unpaired) electrons. The monoisotopic (exact) mass is 1190 g/mol. The van der Waals surface area contributed by atoms with Crippen LogP contribution in [-0.2, 0) is 105 Å². The average molecular weight is 1190 g/mol. The van der Waals surface area contributed by atoms with Gasteiger partial charge in [-0.3, -0.25) is 28.8 Å². The Kier molecular flexibility index (Phi) is 22.7. The van der Waals surface area contributed by atoms with Gasteiger partial charge in [0.15, 0.2) is 61.6 Å². The van der Waals surface area contributed by atoms with E-state index in [2.05, 4.69) is 0 Å². The van der Waals surface area contributed by atoms with Crippen molar-refractivity contribution in [3.8, 4) is 0 Å². The molecule has 7 rings (SSSR count). The number of carbonyl (C=O) groups is 10. The first kappa shape index (κ1) is 63.9. The van der Waals surface area contributed by atoms with Crippen molar-refractivity contribution in [2.45, 2.75) is 134 Å². The second-order valence-electron chi connectivity index (χ2n) is 19.1. The van der Waals surface area contributed by atoms with Crippen molar-refractivity contribution in [1.29, 1.82) is 0 Å². The summed E-state index contributed by atoms with van der Waals surface area (Å²) in [6.07, 6.45) is -28.1. The zero-order valence-electron chi connectivity index (χ0n) is 46.9. The molecule has 15 atom stereocenters. The van der Waals surface area contributed by atoms with Crippen LogP contribution in [0.1, 0.15) is 83.0 Å². The molecule has 0 N–H and O–H groups in total. The molecule has 4 aromatic carbocycles. The van der Waals surface area contributed by atoms with Crippen molar-refractivity contribution in [2.75, 3.05) is 26.9 Å². The van der Waals surface area contributed by atoms with Crippen LogP contribution in [0.25, 0.3) is 0 Å². The molecule has 85 heavy (non-hydrogen) atoms. The molecule has 0 aliphatic carbocycles. The molecule has 4 aromatic rings. The highest BCUT2D eigenvalue weighted by molar-refractivity contribution is 5.91. The molecule has 0 unspecified atom stereocenters. The molecule has 454 valence electrons. The van der Waals surface area contributed by atoms with E-state index in [9.17, 15) is 47.9 Å². The average Bonchev–Trinajstić information content (AvgIpc) is 3.64. The van der Waals surface area contributed by atoms with Gasteiger partial charge in [0, 0.05) is 48.7 Å². The van der Waals surface area contributed by atoms with Crippen LogP contribution in [0.5, 0.6) is 0 Å². The minimum absolute atomic E-state index is 0.0154. The number of hydrogen-bond acceptors (Lipinski definition) is 26. The molecule has 0 bridgehead atoms. The van der Waals surface area contributed by atoms with Crippen LogP contribution < -0.4 is 0 Å². The molecule has 0 amide bonds. The Morgan fingerprint density at radius 1 is 0.306 bits per heavy atom. The summed E-state index contributed by atoms with van der Waals surface area (Å²) in [5, 5.41) is 0. The van der Waals surface area contributed by atoms with E-state index in [4.69, 9.17) is 75.8 Å². The fourth-order valence-electron chi connectivity index (χ4n) is 9.28. The summed E-state index contributed by atoms with van der Waals surface area (Å²) in [5.74, 6) is -9.83. The van der Waals surface area contributed by atoms with Crippen molar-refractivity contribution >= 4 is 59.7 Å². The topological polar surface area (TPSA) is 318 Å². The number of methoxy groups -OCH3 is 1. The largest absolute Gasteiger partial charge is 0.463 e. The summed E-state index contributed by atoms with van der Waals surface area (Å²) in [6.45, 7) is 3.87. The van der Waals surface area contributed by atoms with Gasteiger partial charge < -0.3 is 75.8 Å². The smallest absolute Gasteiger partial charge is 0.338 e. The first-order valence-corrected chi connectivity index (χ1v) is 26.5. The van der Waals surface area contributed by atoms with Gasteiger partial charge in [-0.25, -0.2) is 19.2 Å². The molecule has 0 spiro atoms. The summed E-state index contributed by atoms with van der Waals surface area (Å²) in [4.78, 5) is 134. The molecule has 26 nitrogen and oxygen atoms in total. The number of benzene rings is 4. The van der Waals surface area contributed by atoms with Gasteiger partial charge >= 0.3 is 59.7 Å². The maximum atomic E-state index is 14.5. The maximum absolute atomic E-state index is 14.5. The summed E-state index contributed by atoms with van der Waals surface area (Å²) < 4.78 is 96.4. The van der Waals surface area contributed by atoms with Crippen LogP contribution in [0.3, 0.4) is 0 Å². The molecule has 3 aliphatic rings. The molecular formula is C59H62O26. The highest BCUT2D eigenvalue weighted by Gasteiger charge is 2.60. The normalized spacial score (nSPS) is 27.0. The Bertz CT molecular complexity index is 2960. The van der Waals surface area contributed by atoms with Gasteiger partial charge in [0.1, 0.15) is 50.3 Å². The first-order chi connectivity index (χ1) is 40.7. The lowest BCUT2D eigenvalue weighted by Crippen LogP contribution is -2.69. The van der Waals surface area contributed by atoms with E-state index < -0.39 is 172 Å². The second-order valence-corrected chi connectivity index (χ2v) is 19.1. The third kappa shape index (κ3) is 17.5. The Morgan fingerprint density at radius 2 is 0.576 bits per heavy atom. The van der Waals surface area contributed by atoms with E-state index >= 15 is 0 Å². The Morgan fingerprint density at radius 3 is 0.918 bits per heavy atom. The Labute approximate surface area is 486 Å². The van der Waals surface area contributed by atoms with Gasteiger partial charge in [-0.15, -0.1) is 0 Å². The van der Waals surface area contributed by atoms with Crippen LogP contribution in [0, 0.1) is 0 Å². The van der Waals surface area contributed by atoms with Crippen LogP contribution in [-0.4, -0.2) is 179 Å². The molecule has 0 saturated carbocycles. The van der Waals surface area contributed by atoms with Gasteiger partial charge in [-0.1, -0.05) is 72.8 Å². The molecule has 26 heteroatoms. The van der Waals surface area contributed by atoms with Crippen molar-refractivity contribution in [3.05, 3.63) is 144 Å². The SMILES string of the molecule is CO[C@@H]1O[C@H](COC(C)=O)[C@H](OC(C)=O)[C@H](O[C@@H]2O[C@H](COC(C)=O)[C@H](OC(C)=O)[C@H](O[C@@H]3O[C@H](COC(=O)c4ccccc4)[C@H](OC(=O)c4ccccc4)[C@H](OC(=O)c4ccccc4)[C@H]3OC(=O)c3ccccc3)[C@H]2OC(C)=O)[C@H]1OC(C)=O. The van der Waals surface area contributed by atoms with Gasteiger partial charge in [-0.05, 0) is 48.5 Å². The van der Waals surface area contributed by atoms with Gasteiger partial charge in [0.2, 0.25) is 0 Å². The van der Waals surface area contributed by atoms with E-state index in [0.717, 1.165) is 48.7 Å². The summed E-state index contributed by atoms with van der Waals surface area (Å²) in [5.41, 5.74) is -0.0824. The van der Waals surface area contributed by atoms with Gasteiger partial charge in [0.05, 0.1) is 22.3 Å². The van der Waals surface area contributed by atoms with E-state index in [-0.39, 0.29) is 22.3 Å².